The first kappa shape index (κ1) is 23.5. The minimum atomic E-state index is 0.0525. The third-order valence-electron chi connectivity index (χ3n) is 5.87. The molecule has 0 N–H and O–H groups in total. The van der Waals surface area contributed by atoms with Crippen molar-refractivity contribution < 1.29 is 14.3 Å². The van der Waals surface area contributed by atoms with E-state index in [9.17, 15) is 4.79 Å². The Labute approximate surface area is 201 Å². The predicted molar refractivity (Wildman–Crippen MR) is 134 cm³/mol. The second-order valence-electron chi connectivity index (χ2n) is 8.24. The molecule has 1 aromatic heterocycles. The molecule has 1 aliphatic rings. The summed E-state index contributed by atoms with van der Waals surface area (Å²) < 4.78 is 11.2. The Morgan fingerprint density at radius 2 is 1.50 bits per heavy atom. The van der Waals surface area contributed by atoms with Crippen molar-refractivity contribution in [2.45, 2.75) is 26.7 Å². The average Bonchev–Trinajstić information content (AvgIpc) is 2.90. The van der Waals surface area contributed by atoms with Crippen LogP contribution in [0.5, 0.6) is 11.5 Å². The number of aromatic nitrogens is 2. The number of hydrogen-bond donors (Lipinski definition) is 0. The lowest BCUT2D eigenvalue weighted by Crippen LogP contribution is -2.49. The van der Waals surface area contributed by atoms with E-state index >= 15 is 0 Å². The number of hydrogen-bond acceptors (Lipinski definition) is 6. The minimum absolute atomic E-state index is 0.0525. The monoisotopic (exact) mass is 460 g/mol. The van der Waals surface area contributed by atoms with Gasteiger partial charge in [-0.2, -0.15) is 0 Å². The maximum Gasteiger partial charge on any atom is 0.253 e. The van der Waals surface area contributed by atoms with Gasteiger partial charge in [0.1, 0.15) is 11.5 Å². The number of unbranched alkanes of at least 4 members (excludes halogenated alkanes) is 1. The number of rotatable bonds is 9. The van der Waals surface area contributed by atoms with Gasteiger partial charge in [0.2, 0.25) is 0 Å². The Kier molecular flexibility index (Phi) is 7.96. The van der Waals surface area contributed by atoms with E-state index in [0.717, 1.165) is 54.5 Å². The highest BCUT2D eigenvalue weighted by Gasteiger charge is 2.23. The second-order valence-corrected chi connectivity index (χ2v) is 8.24. The molecule has 0 spiro atoms. The predicted octanol–water partition coefficient (Wildman–Crippen LogP) is 4.68. The van der Waals surface area contributed by atoms with Gasteiger partial charge in [0.05, 0.1) is 18.9 Å². The van der Waals surface area contributed by atoms with Crippen LogP contribution in [0.4, 0.5) is 5.82 Å². The van der Waals surface area contributed by atoms with Crippen LogP contribution < -0.4 is 14.4 Å². The van der Waals surface area contributed by atoms with Crippen molar-refractivity contribution in [3.63, 3.8) is 0 Å². The zero-order chi connectivity index (χ0) is 23.8. The van der Waals surface area contributed by atoms with Crippen LogP contribution in [-0.2, 0) is 0 Å². The zero-order valence-electron chi connectivity index (χ0n) is 19.9. The Morgan fingerprint density at radius 1 is 0.824 bits per heavy atom. The molecule has 0 bridgehead atoms. The molecule has 2 heterocycles. The van der Waals surface area contributed by atoms with E-state index in [1.54, 1.807) is 0 Å². The van der Waals surface area contributed by atoms with Crippen LogP contribution in [0.25, 0.3) is 11.3 Å². The summed E-state index contributed by atoms with van der Waals surface area (Å²) in [6.07, 6.45) is 2.13. The molecule has 3 aromatic rings. The van der Waals surface area contributed by atoms with E-state index in [2.05, 4.69) is 22.0 Å². The molecule has 1 fully saturated rings. The van der Waals surface area contributed by atoms with E-state index in [-0.39, 0.29) is 5.91 Å². The molecule has 7 nitrogen and oxygen atoms in total. The molecular formula is C27H32N4O3. The number of nitrogens with zero attached hydrogens (tertiary/aromatic N) is 4. The third kappa shape index (κ3) is 5.84. The van der Waals surface area contributed by atoms with E-state index in [1.165, 1.54) is 0 Å². The summed E-state index contributed by atoms with van der Waals surface area (Å²) in [5, 5.41) is 8.84. The fraction of sp³-hybridized carbons (Fsp3) is 0.370. The van der Waals surface area contributed by atoms with Crippen LogP contribution in [-0.4, -0.2) is 60.4 Å². The first-order valence-electron chi connectivity index (χ1n) is 12.0. The van der Waals surface area contributed by atoms with Gasteiger partial charge in [0, 0.05) is 37.3 Å². The lowest BCUT2D eigenvalue weighted by Gasteiger charge is -2.35. The van der Waals surface area contributed by atoms with Gasteiger partial charge in [-0.1, -0.05) is 13.3 Å². The molecule has 1 amide bonds. The van der Waals surface area contributed by atoms with E-state index < -0.39 is 0 Å². The van der Waals surface area contributed by atoms with Gasteiger partial charge in [-0.3, -0.25) is 4.79 Å². The third-order valence-corrected chi connectivity index (χ3v) is 5.87. The first-order valence-corrected chi connectivity index (χ1v) is 12.0. The Morgan fingerprint density at radius 3 is 2.12 bits per heavy atom. The maximum absolute atomic E-state index is 12.9. The minimum Gasteiger partial charge on any atom is -0.494 e. The topological polar surface area (TPSA) is 67.8 Å². The summed E-state index contributed by atoms with van der Waals surface area (Å²) in [4.78, 5) is 17.0. The fourth-order valence-corrected chi connectivity index (χ4v) is 3.89. The molecule has 178 valence electrons. The van der Waals surface area contributed by atoms with Crippen molar-refractivity contribution in [3.8, 4) is 22.8 Å². The standard InChI is InChI=1S/C27H32N4O3/c1-3-5-20-34-24-12-8-22(9-13-24)27(32)31-18-16-30(17-19-31)26-15-14-25(28-29-26)21-6-10-23(11-7-21)33-4-2/h6-15H,3-5,16-20H2,1-2H3. The van der Waals surface area contributed by atoms with Crippen molar-refractivity contribution in [1.29, 1.82) is 0 Å². The Balaban J connectivity index is 1.30. The van der Waals surface area contributed by atoms with E-state index in [0.29, 0.717) is 31.9 Å². The normalized spacial score (nSPS) is 13.6. The van der Waals surface area contributed by atoms with Crippen LogP contribution in [0, 0.1) is 0 Å². The number of benzene rings is 2. The highest BCUT2D eigenvalue weighted by molar-refractivity contribution is 5.94. The van der Waals surface area contributed by atoms with Crippen molar-refractivity contribution in [3.05, 3.63) is 66.2 Å². The van der Waals surface area contributed by atoms with Crippen LogP contribution >= 0.6 is 0 Å². The number of carbonyl (C=O) groups is 1. The molecule has 0 atom stereocenters. The fourth-order valence-electron chi connectivity index (χ4n) is 3.89. The van der Waals surface area contributed by atoms with Crippen molar-refractivity contribution in [2.24, 2.45) is 0 Å². The maximum atomic E-state index is 12.9. The SMILES string of the molecule is CCCCOc1ccc(C(=O)N2CCN(c3ccc(-c4ccc(OCC)cc4)nn3)CC2)cc1. The van der Waals surface area contributed by atoms with Gasteiger partial charge >= 0.3 is 0 Å². The van der Waals surface area contributed by atoms with Gasteiger partial charge in [0.15, 0.2) is 5.82 Å². The number of piperazine rings is 1. The molecule has 2 aromatic carbocycles. The zero-order valence-corrected chi connectivity index (χ0v) is 19.9. The summed E-state index contributed by atoms with van der Waals surface area (Å²) in [6, 6.07) is 19.3. The highest BCUT2D eigenvalue weighted by Crippen LogP contribution is 2.22. The van der Waals surface area contributed by atoms with E-state index in [1.807, 2.05) is 72.5 Å². The molecule has 34 heavy (non-hydrogen) atoms. The first-order chi connectivity index (χ1) is 16.7. The molecule has 0 aliphatic carbocycles. The van der Waals surface area contributed by atoms with Crippen LogP contribution in [0.15, 0.2) is 60.7 Å². The molecule has 0 radical (unpaired) electrons. The number of amides is 1. The lowest BCUT2D eigenvalue weighted by atomic mass is 10.1. The second kappa shape index (κ2) is 11.5. The number of ether oxygens (including phenoxy) is 2. The van der Waals surface area contributed by atoms with Crippen LogP contribution in [0.1, 0.15) is 37.0 Å². The highest BCUT2D eigenvalue weighted by atomic mass is 16.5. The summed E-state index contributed by atoms with van der Waals surface area (Å²) >= 11 is 0. The van der Waals surface area contributed by atoms with Crippen LogP contribution in [0.3, 0.4) is 0 Å². The number of anilines is 1. The molecule has 0 saturated carbocycles. The molecule has 1 aliphatic heterocycles. The van der Waals surface area contributed by atoms with Gasteiger partial charge in [-0.25, -0.2) is 0 Å². The van der Waals surface area contributed by atoms with Crippen LogP contribution in [0.2, 0.25) is 0 Å². The van der Waals surface area contributed by atoms with E-state index in [4.69, 9.17) is 9.47 Å². The van der Waals surface area contributed by atoms with Crippen molar-refractivity contribution in [1.82, 2.24) is 15.1 Å². The average molecular weight is 461 g/mol. The molecule has 0 unspecified atom stereocenters. The van der Waals surface area contributed by atoms with Crippen molar-refractivity contribution in [2.75, 3.05) is 44.3 Å². The van der Waals surface area contributed by atoms with Gasteiger partial charge in [-0.05, 0) is 74.0 Å². The Bertz CT molecular complexity index is 1040. The Hall–Kier alpha value is -3.61. The summed E-state index contributed by atoms with van der Waals surface area (Å²) in [6.45, 7) is 8.20. The lowest BCUT2D eigenvalue weighted by molar-refractivity contribution is 0.0746. The molecule has 1 saturated heterocycles. The summed E-state index contributed by atoms with van der Waals surface area (Å²) in [5.74, 6) is 2.54. The quantitative estimate of drug-likeness (QED) is 0.432. The molecular weight excluding hydrogens is 428 g/mol. The summed E-state index contributed by atoms with van der Waals surface area (Å²) in [5.41, 5.74) is 2.51. The van der Waals surface area contributed by atoms with Gasteiger partial charge in [-0.15, -0.1) is 10.2 Å². The molecule has 4 rings (SSSR count). The molecule has 7 heteroatoms. The van der Waals surface area contributed by atoms with Crippen molar-refractivity contribution >= 4 is 11.7 Å². The van der Waals surface area contributed by atoms with Gasteiger partial charge in [0.25, 0.3) is 5.91 Å². The summed E-state index contributed by atoms with van der Waals surface area (Å²) in [7, 11) is 0. The largest absolute Gasteiger partial charge is 0.494 e. The smallest absolute Gasteiger partial charge is 0.253 e. The van der Waals surface area contributed by atoms with Gasteiger partial charge < -0.3 is 19.3 Å². The number of carbonyl (C=O) groups excluding carboxylic acids is 1.